The lowest BCUT2D eigenvalue weighted by Gasteiger charge is -2.08. The highest BCUT2D eigenvalue weighted by Crippen LogP contribution is 2.23. The maximum Gasteiger partial charge on any atom is 0.257 e. The molecule has 0 aliphatic carbocycles. The number of ether oxygens (including phenoxy) is 2. The Morgan fingerprint density at radius 2 is 1.45 bits per heavy atom. The van der Waals surface area contributed by atoms with E-state index in [0.29, 0.717) is 5.75 Å². The molecule has 1 N–H and O–H groups in total. The molecule has 4 heteroatoms. The first-order valence-electron chi connectivity index (χ1n) is 6.35. The lowest BCUT2D eigenvalue weighted by atomic mass is 10.2. The van der Waals surface area contributed by atoms with Gasteiger partial charge in [-0.05, 0) is 43.3 Å². The summed E-state index contributed by atoms with van der Waals surface area (Å²) in [7, 11) is 1.57. The van der Waals surface area contributed by atoms with E-state index in [0.717, 1.165) is 11.5 Å². The van der Waals surface area contributed by atoms with Crippen LogP contribution in [0.3, 0.4) is 0 Å². The van der Waals surface area contributed by atoms with Crippen LogP contribution in [0.1, 0.15) is 5.56 Å². The van der Waals surface area contributed by atoms with Crippen LogP contribution in [-0.2, 0) is 4.79 Å². The number of benzene rings is 2. The third-order valence-electron chi connectivity index (χ3n) is 2.73. The van der Waals surface area contributed by atoms with Gasteiger partial charge in [-0.3, -0.25) is 4.79 Å². The van der Waals surface area contributed by atoms with Crippen LogP contribution < -0.4 is 14.8 Å². The predicted molar refractivity (Wildman–Crippen MR) is 77.3 cm³/mol. The van der Waals surface area contributed by atoms with Gasteiger partial charge < -0.3 is 14.8 Å². The predicted octanol–water partition coefficient (Wildman–Crippen LogP) is 2.91. The summed E-state index contributed by atoms with van der Waals surface area (Å²) in [6.45, 7) is 2.04. The second kappa shape index (κ2) is 6.61. The van der Waals surface area contributed by atoms with Crippen molar-refractivity contribution in [1.29, 1.82) is 0 Å². The molecule has 0 saturated carbocycles. The van der Waals surface area contributed by atoms with Gasteiger partial charge >= 0.3 is 0 Å². The van der Waals surface area contributed by atoms with Gasteiger partial charge in [0.25, 0.3) is 5.91 Å². The van der Waals surface area contributed by atoms with Crippen LogP contribution >= 0.6 is 0 Å². The average Bonchev–Trinajstić information content (AvgIpc) is 2.48. The molecule has 0 atom stereocenters. The van der Waals surface area contributed by atoms with E-state index in [1.165, 1.54) is 5.56 Å². The Balaban J connectivity index is 1.94. The van der Waals surface area contributed by atoms with E-state index in [4.69, 9.17) is 9.47 Å². The minimum atomic E-state index is -0.162. The van der Waals surface area contributed by atoms with Crippen LogP contribution in [-0.4, -0.2) is 19.6 Å². The SMILES string of the molecule is CNC(=O)COc1ccc(Oc2ccc(C)cc2)cc1. The van der Waals surface area contributed by atoms with Gasteiger partial charge in [-0.25, -0.2) is 0 Å². The van der Waals surface area contributed by atoms with E-state index in [-0.39, 0.29) is 12.5 Å². The summed E-state index contributed by atoms with van der Waals surface area (Å²) in [5.41, 5.74) is 1.19. The first kappa shape index (κ1) is 13.9. The molecule has 1 amide bonds. The Labute approximate surface area is 118 Å². The molecule has 0 aliphatic heterocycles. The van der Waals surface area contributed by atoms with Gasteiger partial charge in [0, 0.05) is 7.05 Å². The Kier molecular flexibility index (Phi) is 4.60. The topological polar surface area (TPSA) is 47.6 Å². The normalized spacial score (nSPS) is 9.90. The molecule has 4 nitrogen and oxygen atoms in total. The quantitative estimate of drug-likeness (QED) is 0.909. The number of rotatable bonds is 5. The van der Waals surface area contributed by atoms with Gasteiger partial charge in [-0.15, -0.1) is 0 Å². The number of aryl methyl sites for hydroxylation is 1. The molecular weight excluding hydrogens is 254 g/mol. The van der Waals surface area contributed by atoms with Crippen LogP contribution in [0.25, 0.3) is 0 Å². The minimum absolute atomic E-state index is 0.00860. The standard InChI is InChI=1S/C16H17NO3/c1-12-3-5-14(6-4-12)20-15-9-7-13(8-10-15)19-11-16(18)17-2/h3-10H,11H2,1-2H3,(H,17,18). The smallest absolute Gasteiger partial charge is 0.257 e. The lowest BCUT2D eigenvalue weighted by molar-refractivity contribution is -0.122. The van der Waals surface area contributed by atoms with Crippen molar-refractivity contribution in [3.05, 3.63) is 54.1 Å². The third-order valence-corrected chi connectivity index (χ3v) is 2.73. The van der Waals surface area contributed by atoms with Gasteiger partial charge in [0.1, 0.15) is 17.2 Å². The molecule has 104 valence electrons. The van der Waals surface area contributed by atoms with Crippen molar-refractivity contribution in [2.75, 3.05) is 13.7 Å². The summed E-state index contributed by atoms with van der Waals surface area (Å²) in [6, 6.07) is 15.0. The summed E-state index contributed by atoms with van der Waals surface area (Å²) in [5.74, 6) is 1.98. The molecule has 0 fully saturated rings. The molecule has 0 bridgehead atoms. The van der Waals surface area contributed by atoms with Crippen LogP contribution in [0.15, 0.2) is 48.5 Å². The Morgan fingerprint density at radius 3 is 2.00 bits per heavy atom. The molecule has 0 radical (unpaired) electrons. The number of carbonyl (C=O) groups excluding carboxylic acids is 1. The van der Waals surface area contributed by atoms with Crippen LogP contribution in [0.4, 0.5) is 0 Å². The lowest BCUT2D eigenvalue weighted by Crippen LogP contribution is -2.24. The fourth-order valence-electron chi connectivity index (χ4n) is 1.57. The Morgan fingerprint density at radius 1 is 0.950 bits per heavy atom. The number of hydrogen-bond donors (Lipinski definition) is 1. The van der Waals surface area contributed by atoms with Crippen molar-refractivity contribution in [3.63, 3.8) is 0 Å². The Bertz CT molecular complexity index is 561. The first-order chi connectivity index (χ1) is 9.67. The van der Waals surface area contributed by atoms with Crippen molar-refractivity contribution in [1.82, 2.24) is 5.32 Å². The van der Waals surface area contributed by atoms with Crippen molar-refractivity contribution >= 4 is 5.91 Å². The molecule has 0 saturated heterocycles. The summed E-state index contributed by atoms with van der Waals surface area (Å²) in [5, 5.41) is 2.50. The minimum Gasteiger partial charge on any atom is -0.484 e. The summed E-state index contributed by atoms with van der Waals surface area (Å²) in [6.07, 6.45) is 0. The Hall–Kier alpha value is -2.49. The summed E-state index contributed by atoms with van der Waals surface area (Å²) >= 11 is 0. The summed E-state index contributed by atoms with van der Waals surface area (Å²) in [4.78, 5) is 11.1. The van der Waals surface area contributed by atoms with E-state index < -0.39 is 0 Å². The number of likely N-dealkylation sites (N-methyl/N-ethyl adjacent to an activating group) is 1. The highest BCUT2D eigenvalue weighted by atomic mass is 16.5. The monoisotopic (exact) mass is 271 g/mol. The zero-order chi connectivity index (χ0) is 14.4. The fraction of sp³-hybridized carbons (Fsp3) is 0.188. The fourth-order valence-corrected chi connectivity index (χ4v) is 1.57. The molecule has 0 aromatic heterocycles. The highest BCUT2D eigenvalue weighted by Gasteiger charge is 2.01. The van der Waals surface area contributed by atoms with Gasteiger partial charge in [0.05, 0.1) is 0 Å². The van der Waals surface area contributed by atoms with E-state index in [1.54, 1.807) is 31.3 Å². The average molecular weight is 271 g/mol. The number of carbonyl (C=O) groups is 1. The molecule has 2 aromatic rings. The largest absolute Gasteiger partial charge is 0.484 e. The van der Waals surface area contributed by atoms with E-state index in [1.807, 2.05) is 31.2 Å². The molecule has 20 heavy (non-hydrogen) atoms. The molecule has 0 aliphatic rings. The van der Waals surface area contributed by atoms with Crippen LogP contribution in [0, 0.1) is 6.92 Å². The van der Waals surface area contributed by atoms with Gasteiger partial charge in [-0.1, -0.05) is 17.7 Å². The highest BCUT2D eigenvalue weighted by molar-refractivity contribution is 5.77. The van der Waals surface area contributed by atoms with Crippen molar-refractivity contribution in [2.24, 2.45) is 0 Å². The van der Waals surface area contributed by atoms with Crippen molar-refractivity contribution in [3.8, 4) is 17.2 Å². The molecule has 0 unspecified atom stereocenters. The van der Waals surface area contributed by atoms with Gasteiger partial charge in [0.15, 0.2) is 6.61 Å². The molecule has 2 aromatic carbocycles. The molecule has 0 heterocycles. The maximum absolute atomic E-state index is 11.1. The van der Waals surface area contributed by atoms with E-state index in [9.17, 15) is 4.79 Å². The zero-order valence-electron chi connectivity index (χ0n) is 11.6. The van der Waals surface area contributed by atoms with Gasteiger partial charge in [-0.2, -0.15) is 0 Å². The first-order valence-corrected chi connectivity index (χ1v) is 6.35. The third kappa shape index (κ3) is 4.02. The maximum atomic E-state index is 11.1. The van der Waals surface area contributed by atoms with E-state index >= 15 is 0 Å². The second-order valence-electron chi connectivity index (χ2n) is 4.35. The van der Waals surface area contributed by atoms with Crippen LogP contribution in [0.5, 0.6) is 17.2 Å². The number of hydrogen-bond acceptors (Lipinski definition) is 3. The summed E-state index contributed by atoms with van der Waals surface area (Å²) < 4.78 is 11.0. The molecule has 0 spiro atoms. The number of amides is 1. The number of nitrogens with one attached hydrogen (secondary N) is 1. The second-order valence-corrected chi connectivity index (χ2v) is 4.35. The zero-order valence-corrected chi connectivity index (χ0v) is 11.6. The van der Waals surface area contributed by atoms with Crippen LogP contribution in [0.2, 0.25) is 0 Å². The van der Waals surface area contributed by atoms with E-state index in [2.05, 4.69) is 5.32 Å². The van der Waals surface area contributed by atoms with Crippen molar-refractivity contribution in [2.45, 2.75) is 6.92 Å². The van der Waals surface area contributed by atoms with Crippen molar-refractivity contribution < 1.29 is 14.3 Å². The van der Waals surface area contributed by atoms with Gasteiger partial charge in [0.2, 0.25) is 0 Å². The molecular formula is C16H17NO3. The molecule has 2 rings (SSSR count).